The first-order chi connectivity index (χ1) is 14.8. The van der Waals surface area contributed by atoms with Gasteiger partial charge in [0.15, 0.2) is 6.61 Å². The summed E-state index contributed by atoms with van der Waals surface area (Å²) in [4.78, 5) is 14.0. The molecular formula is C24H26N2O4S. The van der Waals surface area contributed by atoms with E-state index in [1.807, 2.05) is 60.7 Å². The van der Waals surface area contributed by atoms with Crippen molar-refractivity contribution in [2.75, 3.05) is 13.7 Å². The molecule has 3 aromatic rings. The van der Waals surface area contributed by atoms with Crippen molar-refractivity contribution in [3.8, 4) is 5.75 Å². The minimum atomic E-state index is -3.68. The number of nitrogens with zero attached hydrogens (tertiary/aromatic N) is 1. The number of rotatable bonds is 9. The Morgan fingerprint density at radius 2 is 1.52 bits per heavy atom. The normalized spacial score (nSPS) is 12.2. The first-order valence-corrected chi connectivity index (χ1v) is 11.4. The van der Waals surface area contributed by atoms with Crippen molar-refractivity contribution in [1.29, 1.82) is 0 Å². The number of hydrogen-bond donors (Lipinski definition) is 1. The van der Waals surface area contributed by atoms with Crippen LogP contribution in [0.15, 0.2) is 89.8 Å². The van der Waals surface area contributed by atoms with Crippen molar-refractivity contribution in [3.63, 3.8) is 0 Å². The summed E-state index contributed by atoms with van der Waals surface area (Å²) in [7, 11) is -1.97. The van der Waals surface area contributed by atoms with Gasteiger partial charge >= 0.3 is 0 Å². The van der Waals surface area contributed by atoms with Crippen LogP contribution >= 0.6 is 0 Å². The Labute approximate surface area is 183 Å². The van der Waals surface area contributed by atoms with Crippen LogP contribution in [0.25, 0.3) is 0 Å². The molecule has 1 amide bonds. The maximum atomic E-state index is 12.6. The minimum absolute atomic E-state index is 0.126. The number of sulfonamides is 1. The molecule has 0 fully saturated rings. The van der Waals surface area contributed by atoms with Gasteiger partial charge < -0.3 is 9.64 Å². The van der Waals surface area contributed by atoms with Crippen LogP contribution in [0.5, 0.6) is 5.75 Å². The van der Waals surface area contributed by atoms with Crippen molar-refractivity contribution in [2.45, 2.75) is 24.4 Å². The Morgan fingerprint density at radius 3 is 2.13 bits per heavy atom. The van der Waals surface area contributed by atoms with E-state index in [-0.39, 0.29) is 23.5 Å². The molecule has 0 aliphatic carbocycles. The second-order valence-electron chi connectivity index (χ2n) is 7.25. The van der Waals surface area contributed by atoms with Gasteiger partial charge in [-0.1, -0.05) is 60.7 Å². The Bertz CT molecular complexity index is 1090. The summed E-state index contributed by atoms with van der Waals surface area (Å²) in [6.07, 6.45) is 0. The molecule has 3 rings (SSSR count). The van der Waals surface area contributed by atoms with Crippen molar-refractivity contribution in [1.82, 2.24) is 9.62 Å². The molecular weight excluding hydrogens is 412 g/mol. The highest BCUT2D eigenvalue weighted by atomic mass is 32.2. The van der Waals surface area contributed by atoms with Crippen LogP contribution in [-0.2, 0) is 21.4 Å². The van der Waals surface area contributed by atoms with Crippen molar-refractivity contribution >= 4 is 15.9 Å². The van der Waals surface area contributed by atoms with Gasteiger partial charge in [-0.05, 0) is 42.3 Å². The van der Waals surface area contributed by atoms with E-state index >= 15 is 0 Å². The van der Waals surface area contributed by atoms with Gasteiger partial charge in [0.05, 0.1) is 4.90 Å². The average molecular weight is 439 g/mol. The van der Waals surface area contributed by atoms with Crippen LogP contribution in [0.2, 0.25) is 0 Å². The number of nitrogens with one attached hydrogen (secondary N) is 1. The maximum Gasteiger partial charge on any atom is 0.260 e. The highest BCUT2D eigenvalue weighted by molar-refractivity contribution is 7.89. The Hall–Kier alpha value is -3.16. The summed E-state index contributed by atoms with van der Waals surface area (Å²) >= 11 is 0. The van der Waals surface area contributed by atoms with E-state index in [0.29, 0.717) is 12.3 Å². The summed E-state index contributed by atoms with van der Waals surface area (Å²) in [5.74, 6) is 0.260. The molecule has 0 bridgehead atoms. The van der Waals surface area contributed by atoms with Gasteiger partial charge in [0.1, 0.15) is 5.75 Å². The Kier molecular flexibility index (Phi) is 7.44. The van der Waals surface area contributed by atoms with Crippen LogP contribution < -0.4 is 9.46 Å². The second-order valence-corrected chi connectivity index (χ2v) is 8.96. The third-order valence-corrected chi connectivity index (χ3v) is 6.37. The highest BCUT2D eigenvalue weighted by Crippen LogP contribution is 2.19. The largest absolute Gasteiger partial charge is 0.484 e. The van der Waals surface area contributed by atoms with Crippen LogP contribution in [-0.4, -0.2) is 32.9 Å². The smallest absolute Gasteiger partial charge is 0.260 e. The maximum absolute atomic E-state index is 12.6. The lowest BCUT2D eigenvalue weighted by molar-refractivity contribution is -0.132. The fraction of sp³-hybridized carbons (Fsp3) is 0.208. The van der Waals surface area contributed by atoms with E-state index in [9.17, 15) is 13.2 Å². The predicted molar refractivity (Wildman–Crippen MR) is 120 cm³/mol. The summed E-state index contributed by atoms with van der Waals surface area (Å²) in [6.45, 7) is 2.16. The number of hydrogen-bond acceptors (Lipinski definition) is 4. The molecule has 1 atom stereocenters. The fourth-order valence-electron chi connectivity index (χ4n) is 3.03. The molecule has 0 spiro atoms. The van der Waals surface area contributed by atoms with E-state index in [1.165, 1.54) is 12.1 Å². The third kappa shape index (κ3) is 6.41. The number of benzene rings is 3. The van der Waals surface area contributed by atoms with E-state index in [0.717, 1.165) is 11.1 Å². The van der Waals surface area contributed by atoms with Gasteiger partial charge in [-0.15, -0.1) is 0 Å². The monoisotopic (exact) mass is 438 g/mol. The zero-order valence-electron chi connectivity index (χ0n) is 17.6. The lowest BCUT2D eigenvalue weighted by Gasteiger charge is -2.18. The van der Waals surface area contributed by atoms with Crippen LogP contribution in [0.4, 0.5) is 0 Å². The van der Waals surface area contributed by atoms with Crippen LogP contribution in [0.1, 0.15) is 24.1 Å². The average Bonchev–Trinajstić information content (AvgIpc) is 2.78. The summed E-state index contributed by atoms with van der Waals surface area (Å²) < 4.78 is 33.5. The number of carbonyl (C=O) groups excluding carboxylic acids is 1. The molecule has 0 saturated heterocycles. The zero-order valence-corrected chi connectivity index (χ0v) is 18.4. The highest BCUT2D eigenvalue weighted by Gasteiger charge is 2.18. The molecule has 0 radical (unpaired) electrons. The van der Waals surface area contributed by atoms with Gasteiger partial charge in [-0.25, -0.2) is 13.1 Å². The molecule has 3 aromatic carbocycles. The number of carbonyl (C=O) groups is 1. The number of ether oxygens (including phenoxy) is 1. The second kappa shape index (κ2) is 10.2. The summed E-state index contributed by atoms with van der Waals surface area (Å²) in [5.41, 5.74) is 1.91. The van der Waals surface area contributed by atoms with Crippen molar-refractivity contribution in [3.05, 3.63) is 96.1 Å². The van der Waals surface area contributed by atoms with Crippen LogP contribution in [0, 0.1) is 0 Å². The van der Waals surface area contributed by atoms with Crippen LogP contribution in [0.3, 0.4) is 0 Å². The fourth-order valence-corrected chi connectivity index (χ4v) is 4.26. The molecule has 0 aromatic heterocycles. The van der Waals surface area contributed by atoms with Gasteiger partial charge in [0.2, 0.25) is 10.0 Å². The van der Waals surface area contributed by atoms with E-state index in [4.69, 9.17) is 4.74 Å². The van der Waals surface area contributed by atoms with Gasteiger partial charge in [-0.3, -0.25) is 4.79 Å². The first-order valence-electron chi connectivity index (χ1n) is 9.93. The molecule has 7 heteroatoms. The van der Waals surface area contributed by atoms with E-state index < -0.39 is 10.0 Å². The summed E-state index contributed by atoms with van der Waals surface area (Å²) in [6, 6.07) is 24.7. The lowest BCUT2D eigenvalue weighted by atomic mass is 10.1. The quantitative estimate of drug-likeness (QED) is 0.552. The molecule has 0 aliphatic rings. The topological polar surface area (TPSA) is 75.7 Å². The molecule has 162 valence electrons. The zero-order chi connectivity index (χ0) is 22.3. The van der Waals surface area contributed by atoms with Crippen molar-refractivity contribution < 1.29 is 17.9 Å². The predicted octanol–water partition coefficient (Wildman–Crippen LogP) is 3.76. The van der Waals surface area contributed by atoms with E-state index in [2.05, 4.69) is 4.72 Å². The molecule has 0 unspecified atom stereocenters. The minimum Gasteiger partial charge on any atom is -0.484 e. The van der Waals surface area contributed by atoms with Gasteiger partial charge in [-0.2, -0.15) is 0 Å². The van der Waals surface area contributed by atoms with Gasteiger partial charge in [0, 0.05) is 19.6 Å². The Balaban J connectivity index is 1.55. The SMILES string of the molecule is C[C@@H](NS(=O)(=O)c1ccc(OCC(=O)N(C)Cc2ccccc2)cc1)c1ccccc1. The summed E-state index contributed by atoms with van der Waals surface area (Å²) in [5, 5.41) is 0. The van der Waals surface area contributed by atoms with E-state index in [1.54, 1.807) is 31.0 Å². The van der Waals surface area contributed by atoms with Crippen molar-refractivity contribution in [2.24, 2.45) is 0 Å². The molecule has 1 N–H and O–H groups in total. The molecule has 31 heavy (non-hydrogen) atoms. The first kappa shape index (κ1) is 22.5. The lowest BCUT2D eigenvalue weighted by Crippen LogP contribution is -2.31. The third-order valence-electron chi connectivity index (χ3n) is 4.82. The molecule has 0 aliphatic heterocycles. The Morgan fingerprint density at radius 1 is 0.935 bits per heavy atom. The number of amides is 1. The molecule has 6 nitrogen and oxygen atoms in total. The molecule has 0 heterocycles. The standard InChI is InChI=1S/C24H26N2O4S/c1-19(21-11-7-4-8-12-21)25-31(28,29)23-15-13-22(14-16-23)30-18-24(27)26(2)17-20-9-5-3-6-10-20/h3-16,19,25H,17-18H2,1-2H3/t19-/m1/s1. The number of likely N-dealkylation sites (N-methyl/N-ethyl adjacent to an activating group) is 1. The molecule has 0 saturated carbocycles. The van der Waals surface area contributed by atoms with Gasteiger partial charge in [0.25, 0.3) is 5.91 Å².